The summed E-state index contributed by atoms with van der Waals surface area (Å²) in [5.74, 6) is 0.419. The molecule has 1 aliphatic heterocycles. The lowest BCUT2D eigenvalue weighted by Crippen LogP contribution is -2.64. The highest BCUT2D eigenvalue weighted by atomic mass is 16.5. The van der Waals surface area contributed by atoms with Crippen molar-refractivity contribution < 1.29 is 14.3 Å². The number of para-hydroxylation sites is 1. The molecule has 1 fully saturated rings. The summed E-state index contributed by atoms with van der Waals surface area (Å²) < 4.78 is 7.74. The lowest BCUT2D eigenvalue weighted by atomic mass is 9.83. The van der Waals surface area contributed by atoms with Crippen LogP contribution in [0.5, 0.6) is 5.75 Å². The number of amides is 2. The fourth-order valence-corrected chi connectivity index (χ4v) is 6.56. The largest absolute Gasteiger partial charge is 0.496 e. The molecule has 1 aromatic heterocycles. The average Bonchev–Trinajstić information content (AvgIpc) is 3.13. The molecule has 6 rings (SSSR count). The summed E-state index contributed by atoms with van der Waals surface area (Å²) in [5, 5.41) is 4.44. The number of carbonyl (C=O) groups is 2. The molecule has 0 bridgehead atoms. The van der Waals surface area contributed by atoms with Crippen LogP contribution in [0.4, 0.5) is 0 Å². The number of nitrogens with one attached hydrogen (secondary N) is 1. The Kier molecular flexibility index (Phi) is 7.09. The van der Waals surface area contributed by atoms with Gasteiger partial charge in [0.05, 0.1) is 20.2 Å². The highest BCUT2D eigenvalue weighted by Crippen LogP contribution is 2.41. The SMILES string of the molecule is COc1ccccc1CN1C(=O)c2cc3ccc(C)cc3n2C[C@]1(C(=O)NC1CCCCCC1)c1ccccc1. The van der Waals surface area contributed by atoms with Crippen LogP contribution in [0.15, 0.2) is 78.9 Å². The Balaban J connectivity index is 1.55. The van der Waals surface area contributed by atoms with E-state index in [0.29, 0.717) is 18.0 Å². The second-order valence-electron chi connectivity index (χ2n) is 11.3. The highest BCUT2D eigenvalue weighted by molar-refractivity contribution is 6.04. The predicted octanol–water partition coefficient (Wildman–Crippen LogP) is 6.35. The van der Waals surface area contributed by atoms with Crippen LogP contribution >= 0.6 is 0 Å². The maximum Gasteiger partial charge on any atom is 0.272 e. The van der Waals surface area contributed by atoms with E-state index in [4.69, 9.17) is 4.74 Å². The molecule has 206 valence electrons. The first-order valence-electron chi connectivity index (χ1n) is 14.4. The van der Waals surface area contributed by atoms with Crippen LogP contribution in [-0.2, 0) is 23.4 Å². The molecule has 0 radical (unpaired) electrons. The summed E-state index contributed by atoms with van der Waals surface area (Å²) in [6.45, 7) is 2.64. The molecule has 4 aromatic rings. The van der Waals surface area contributed by atoms with Crippen molar-refractivity contribution in [2.45, 2.75) is 70.1 Å². The van der Waals surface area contributed by atoms with Gasteiger partial charge in [0.2, 0.25) is 0 Å². The van der Waals surface area contributed by atoms with E-state index in [1.165, 1.54) is 12.8 Å². The summed E-state index contributed by atoms with van der Waals surface area (Å²) >= 11 is 0. The van der Waals surface area contributed by atoms with Crippen LogP contribution in [0.2, 0.25) is 0 Å². The lowest BCUT2D eigenvalue weighted by molar-refractivity contribution is -0.136. The topological polar surface area (TPSA) is 63.6 Å². The number of ether oxygens (including phenoxy) is 1. The third kappa shape index (κ3) is 4.55. The summed E-state index contributed by atoms with van der Waals surface area (Å²) in [6, 6.07) is 25.9. The maximum atomic E-state index is 14.8. The third-order valence-corrected chi connectivity index (χ3v) is 8.71. The molecule has 6 heteroatoms. The number of benzene rings is 3. The van der Waals surface area contributed by atoms with Crippen molar-refractivity contribution in [3.8, 4) is 5.75 Å². The van der Waals surface area contributed by atoms with Gasteiger partial charge in [0.1, 0.15) is 11.4 Å². The molecule has 2 heterocycles. The monoisotopic (exact) mass is 535 g/mol. The molecule has 40 heavy (non-hydrogen) atoms. The summed E-state index contributed by atoms with van der Waals surface area (Å²) in [6.07, 6.45) is 6.55. The van der Waals surface area contributed by atoms with Crippen molar-refractivity contribution in [3.63, 3.8) is 0 Å². The molecule has 1 atom stereocenters. The van der Waals surface area contributed by atoms with Crippen molar-refractivity contribution in [2.24, 2.45) is 0 Å². The first-order chi connectivity index (χ1) is 19.5. The van der Waals surface area contributed by atoms with E-state index in [2.05, 4.69) is 35.0 Å². The number of nitrogens with zero attached hydrogens (tertiary/aromatic N) is 2. The normalized spacial score (nSPS) is 19.8. The number of aromatic nitrogens is 1. The molecule has 2 aliphatic rings. The van der Waals surface area contributed by atoms with Gasteiger partial charge < -0.3 is 19.5 Å². The lowest BCUT2D eigenvalue weighted by Gasteiger charge is -2.47. The van der Waals surface area contributed by atoms with Gasteiger partial charge in [0.15, 0.2) is 5.54 Å². The van der Waals surface area contributed by atoms with Crippen LogP contribution in [-0.4, -0.2) is 34.4 Å². The van der Waals surface area contributed by atoms with Crippen LogP contribution in [0.25, 0.3) is 10.9 Å². The first kappa shape index (κ1) is 26.2. The van der Waals surface area contributed by atoms with Crippen LogP contribution in [0.1, 0.15) is 65.7 Å². The van der Waals surface area contributed by atoms with Crippen molar-refractivity contribution in [1.29, 1.82) is 0 Å². The molecule has 2 amide bonds. The van der Waals surface area contributed by atoms with Gasteiger partial charge in [0, 0.05) is 22.5 Å². The number of aryl methyl sites for hydroxylation is 1. The van der Waals surface area contributed by atoms with Crippen LogP contribution in [0.3, 0.4) is 0 Å². The molecule has 3 aromatic carbocycles. The maximum absolute atomic E-state index is 14.8. The molecule has 0 saturated heterocycles. The average molecular weight is 536 g/mol. The third-order valence-electron chi connectivity index (χ3n) is 8.71. The standard InChI is InChI=1S/C34H37N3O3/c1-24-18-19-25-21-30-32(38)37(22-26-12-10-11-17-31(26)40-2)34(23-36(30)29(25)20-24,27-13-6-5-7-14-27)33(39)35-28-15-8-3-4-9-16-28/h5-7,10-14,17-21,28H,3-4,8-9,15-16,22-23H2,1-2H3,(H,35,39)/t34-/m1/s1. The molecular formula is C34H37N3O3. The van der Waals surface area contributed by atoms with Gasteiger partial charge in [-0.15, -0.1) is 0 Å². The van der Waals surface area contributed by atoms with Gasteiger partial charge in [-0.05, 0) is 49.1 Å². The molecule has 1 saturated carbocycles. The van der Waals surface area contributed by atoms with Crippen LogP contribution in [0, 0.1) is 6.92 Å². The predicted molar refractivity (Wildman–Crippen MR) is 157 cm³/mol. The first-order valence-corrected chi connectivity index (χ1v) is 14.4. The quantitative estimate of drug-likeness (QED) is 0.293. The highest BCUT2D eigenvalue weighted by Gasteiger charge is 2.53. The number of fused-ring (bicyclic) bond motifs is 3. The molecule has 0 spiro atoms. The minimum Gasteiger partial charge on any atom is -0.496 e. The van der Waals surface area contributed by atoms with Crippen molar-refractivity contribution in [2.75, 3.05) is 7.11 Å². The van der Waals surface area contributed by atoms with E-state index in [1.807, 2.05) is 60.7 Å². The zero-order valence-corrected chi connectivity index (χ0v) is 23.4. The van der Waals surface area contributed by atoms with E-state index in [-0.39, 0.29) is 24.4 Å². The summed E-state index contributed by atoms with van der Waals surface area (Å²) in [4.78, 5) is 31.2. The Morgan fingerprint density at radius 1 is 0.950 bits per heavy atom. The summed E-state index contributed by atoms with van der Waals surface area (Å²) in [5.41, 5.74) is 3.12. The zero-order chi connectivity index (χ0) is 27.7. The molecule has 1 N–H and O–H groups in total. The minimum absolute atomic E-state index is 0.101. The van der Waals surface area contributed by atoms with E-state index < -0.39 is 5.54 Å². The minimum atomic E-state index is -1.24. The zero-order valence-electron chi connectivity index (χ0n) is 23.4. The van der Waals surface area contributed by atoms with Gasteiger partial charge in [-0.2, -0.15) is 0 Å². The van der Waals surface area contributed by atoms with Crippen molar-refractivity contribution >= 4 is 22.7 Å². The Labute approximate surface area is 235 Å². The fourth-order valence-electron chi connectivity index (χ4n) is 6.56. The van der Waals surface area contributed by atoms with E-state index in [0.717, 1.165) is 53.3 Å². The molecule has 0 unspecified atom stereocenters. The fraction of sp³-hybridized carbons (Fsp3) is 0.353. The van der Waals surface area contributed by atoms with Gasteiger partial charge >= 0.3 is 0 Å². The number of hydrogen-bond donors (Lipinski definition) is 1. The van der Waals surface area contributed by atoms with Crippen molar-refractivity contribution in [1.82, 2.24) is 14.8 Å². The van der Waals surface area contributed by atoms with Crippen molar-refractivity contribution in [3.05, 3.63) is 101 Å². The second kappa shape index (κ2) is 10.8. The van der Waals surface area contributed by atoms with Crippen LogP contribution < -0.4 is 10.1 Å². The van der Waals surface area contributed by atoms with Gasteiger partial charge in [-0.25, -0.2) is 0 Å². The van der Waals surface area contributed by atoms with Gasteiger partial charge in [-0.1, -0.05) is 86.3 Å². The number of hydrogen-bond acceptors (Lipinski definition) is 3. The Morgan fingerprint density at radius 3 is 2.42 bits per heavy atom. The smallest absolute Gasteiger partial charge is 0.272 e. The van der Waals surface area contributed by atoms with E-state index in [9.17, 15) is 9.59 Å². The summed E-state index contributed by atoms with van der Waals surface area (Å²) in [7, 11) is 1.64. The van der Waals surface area contributed by atoms with Gasteiger partial charge in [0.25, 0.3) is 11.8 Å². The Bertz CT molecular complexity index is 1530. The Morgan fingerprint density at radius 2 is 1.68 bits per heavy atom. The Hall–Kier alpha value is -4.06. The molecule has 6 nitrogen and oxygen atoms in total. The van der Waals surface area contributed by atoms with Gasteiger partial charge in [-0.3, -0.25) is 9.59 Å². The molecule has 1 aliphatic carbocycles. The number of carbonyl (C=O) groups excluding carboxylic acids is 2. The molecular weight excluding hydrogens is 498 g/mol. The van der Waals surface area contributed by atoms with E-state index in [1.54, 1.807) is 12.0 Å². The number of methoxy groups -OCH3 is 1. The second-order valence-corrected chi connectivity index (χ2v) is 11.3. The van der Waals surface area contributed by atoms with E-state index >= 15 is 0 Å². The number of rotatable bonds is 6.